The number of likely N-dealkylation sites (tertiary alicyclic amines) is 1. The fourth-order valence-corrected chi connectivity index (χ4v) is 2.81. The maximum absolute atomic E-state index is 12.5. The van der Waals surface area contributed by atoms with Gasteiger partial charge in [-0.1, -0.05) is 6.92 Å². The average molecular weight is 346 g/mol. The quantitative estimate of drug-likeness (QED) is 0.764. The molecule has 2 amide bonds. The van der Waals surface area contributed by atoms with E-state index < -0.39 is 17.9 Å². The van der Waals surface area contributed by atoms with Gasteiger partial charge in [0.05, 0.1) is 18.6 Å². The fourth-order valence-electron chi connectivity index (χ4n) is 2.81. The first kappa shape index (κ1) is 18.5. The van der Waals surface area contributed by atoms with Crippen molar-refractivity contribution in [3.05, 3.63) is 18.3 Å². The van der Waals surface area contributed by atoms with Gasteiger partial charge in [-0.2, -0.15) is 5.26 Å². The van der Waals surface area contributed by atoms with Crippen LogP contribution in [0.2, 0.25) is 0 Å². The van der Waals surface area contributed by atoms with E-state index in [-0.39, 0.29) is 18.3 Å². The molecule has 25 heavy (non-hydrogen) atoms. The summed E-state index contributed by atoms with van der Waals surface area (Å²) >= 11 is 0. The molecule has 8 heteroatoms. The predicted molar refractivity (Wildman–Crippen MR) is 90.1 cm³/mol. The molecule has 0 aromatic carbocycles. The second-order valence-electron chi connectivity index (χ2n) is 6.17. The van der Waals surface area contributed by atoms with Crippen LogP contribution in [0.25, 0.3) is 0 Å². The van der Waals surface area contributed by atoms with E-state index >= 15 is 0 Å². The Bertz CT molecular complexity index is 658. The van der Waals surface area contributed by atoms with E-state index in [2.05, 4.69) is 10.3 Å². The van der Waals surface area contributed by atoms with Gasteiger partial charge in [0.2, 0.25) is 0 Å². The van der Waals surface area contributed by atoms with Crippen molar-refractivity contribution in [2.75, 3.05) is 25.0 Å². The molecule has 1 aliphatic rings. The number of carbonyl (C=O) groups is 2. The van der Waals surface area contributed by atoms with Crippen LogP contribution in [-0.2, 0) is 4.79 Å². The molecule has 2 atom stereocenters. The molecule has 1 saturated heterocycles. The number of urea groups is 1. The maximum atomic E-state index is 12.5. The molecule has 0 bridgehead atoms. The van der Waals surface area contributed by atoms with Gasteiger partial charge in [0.25, 0.3) is 0 Å². The van der Waals surface area contributed by atoms with E-state index in [4.69, 9.17) is 10.00 Å². The number of unbranched alkanes of at least 4 members (excludes halogenated alkanes) is 1. The van der Waals surface area contributed by atoms with Gasteiger partial charge in [0.15, 0.2) is 11.6 Å². The van der Waals surface area contributed by atoms with Crippen molar-refractivity contribution in [1.29, 1.82) is 5.26 Å². The Morgan fingerprint density at radius 3 is 3.04 bits per heavy atom. The average Bonchev–Trinajstić information content (AvgIpc) is 2.59. The lowest BCUT2D eigenvalue weighted by molar-refractivity contribution is -0.143. The summed E-state index contributed by atoms with van der Waals surface area (Å²) in [6, 6.07) is 5.03. The van der Waals surface area contributed by atoms with Gasteiger partial charge >= 0.3 is 12.0 Å². The van der Waals surface area contributed by atoms with Crippen molar-refractivity contribution in [3.63, 3.8) is 0 Å². The first-order valence-corrected chi connectivity index (χ1v) is 8.24. The van der Waals surface area contributed by atoms with Gasteiger partial charge in [-0.3, -0.25) is 10.1 Å². The number of amides is 2. The highest BCUT2D eigenvalue weighted by Gasteiger charge is 2.32. The lowest BCUT2D eigenvalue weighted by Gasteiger charge is -2.34. The number of carboxylic acid groups (broad SMARTS) is 1. The minimum absolute atomic E-state index is 0.117. The summed E-state index contributed by atoms with van der Waals surface area (Å²) in [5, 5.41) is 20.5. The Morgan fingerprint density at radius 1 is 1.52 bits per heavy atom. The molecule has 1 aromatic rings. The zero-order valence-corrected chi connectivity index (χ0v) is 14.1. The highest BCUT2D eigenvalue weighted by molar-refractivity contribution is 5.90. The molecule has 2 rings (SSSR count). The predicted octanol–water partition coefficient (Wildman–Crippen LogP) is 2.34. The molecule has 1 aliphatic heterocycles. The number of anilines is 1. The first-order chi connectivity index (χ1) is 12.0. The minimum atomic E-state index is -0.885. The Hall–Kier alpha value is -2.82. The fraction of sp³-hybridized carbons (Fsp3) is 0.529. The third-order valence-corrected chi connectivity index (χ3v) is 3.98. The molecule has 0 spiro atoms. The standard InChI is InChI=1S/C17H22N4O4/c1-12-9-13(16(22)23)11-21(10-12)17(24)20-15-14(5-4-7-19-15)25-8-3-2-6-18/h4-5,7,12-13H,2-3,8-11H2,1H3,(H,22,23)(H,19,20,24). The monoisotopic (exact) mass is 346 g/mol. The lowest BCUT2D eigenvalue weighted by atomic mass is 9.91. The van der Waals surface area contributed by atoms with Crippen molar-refractivity contribution in [3.8, 4) is 11.8 Å². The van der Waals surface area contributed by atoms with Crippen LogP contribution in [0, 0.1) is 23.2 Å². The molecule has 2 unspecified atom stereocenters. The largest absolute Gasteiger partial charge is 0.490 e. The lowest BCUT2D eigenvalue weighted by Crippen LogP contribution is -2.47. The number of nitriles is 1. The molecule has 2 N–H and O–H groups in total. The SMILES string of the molecule is CC1CC(C(=O)O)CN(C(=O)Nc2ncccc2OCCCC#N)C1. The first-order valence-electron chi connectivity index (χ1n) is 8.24. The molecule has 134 valence electrons. The number of nitrogens with zero attached hydrogens (tertiary/aromatic N) is 3. The molecule has 2 heterocycles. The molecular formula is C17H22N4O4. The number of aromatic nitrogens is 1. The topological polar surface area (TPSA) is 116 Å². The van der Waals surface area contributed by atoms with Crippen LogP contribution >= 0.6 is 0 Å². The molecule has 1 fully saturated rings. The van der Waals surface area contributed by atoms with Gasteiger partial charge in [-0.05, 0) is 30.9 Å². The van der Waals surface area contributed by atoms with Crippen molar-refractivity contribution >= 4 is 17.8 Å². The summed E-state index contributed by atoms with van der Waals surface area (Å²) in [5.41, 5.74) is 0. The van der Waals surface area contributed by atoms with Crippen molar-refractivity contribution < 1.29 is 19.4 Å². The number of carbonyl (C=O) groups excluding carboxylic acids is 1. The number of ether oxygens (including phenoxy) is 1. The highest BCUT2D eigenvalue weighted by Crippen LogP contribution is 2.25. The van der Waals surface area contributed by atoms with Gasteiger partial charge in [0, 0.05) is 25.7 Å². The Balaban J connectivity index is 2.00. The van der Waals surface area contributed by atoms with Crippen LogP contribution in [-0.4, -0.2) is 46.7 Å². The van der Waals surface area contributed by atoms with Gasteiger partial charge in [-0.15, -0.1) is 0 Å². The second-order valence-corrected chi connectivity index (χ2v) is 6.17. The van der Waals surface area contributed by atoms with Crippen LogP contribution in [0.5, 0.6) is 5.75 Å². The maximum Gasteiger partial charge on any atom is 0.323 e. The molecule has 8 nitrogen and oxygen atoms in total. The van der Waals surface area contributed by atoms with Crippen LogP contribution in [0.1, 0.15) is 26.2 Å². The number of pyridine rings is 1. The van der Waals surface area contributed by atoms with Gasteiger partial charge in [-0.25, -0.2) is 9.78 Å². The number of piperidine rings is 1. The summed E-state index contributed by atoms with van der Waals surface area (Å²) < 4.78 is 5.57. The normalized spacial score (nSPS) is 19.8. The number of rotatable bonds is 6. The summed E-state index contributed by atoms with van der Waals surface area (Å²) in [6.45, 7) is 2.96. The number of carboxylic acids is 1. The molecular weight excluding hydrogens is 324 g/mol. The van der Waals surface area contributed by atoms with E-state index in [1.807, 2.05) is 13.0 Å². The molecule has 1 aromatic heterocycles. The number of nitrogens with one attached hydrogen (secondary N) is 1. The van der Waals surface area contributed by atoms with Crippen LogP contribution in [0.3, 0.4) is 0 Å². The van der Waals surface area contributed by atoms with Crippen molar-refractivity contribution in [2.45, 2.75) is 26.2 Å². The van der Waals surface area contributed by atoms with E-state index in [1.54, 1.807) is 12.1 Å². The molecule has 0 aliphatic carbocycles. The Kier molecular flexibility index (Phi) is 6.57. The van der Waals surface area contributed by atoms with Crippen LogP contribution in [0.15, 0.2) is 18.3 Å². The molecule has 0 saturated carbocycles. The Morgan fingerprint density at radius 2 is 2.32 bits per heavy atom. The number of hydrogen-bond donors (Lipinski definition) is 2. The molecule has 0 radical (unpaired) electrons. The summed E-state index contributed by atoms with van der Waals surface area (Å²) in [7, 11) is 0. The highest BCUT2D eigenvalue weighted by atomic mass is 16.5. The summed E-state index contributed by atoms with van der Waals surface area (Å²) in [5.74, 6) is -0.613. The Labute approximate surface area is 146 Å². The number of hydrogen-bond acceptors (Lipinski definition) is 5. The van der Waals surface area contributed by atoms with Crippen LogP contribution < -0.4 is 10.1 Å². The number of aliphatic carboxylic acids is 1. The zero-order valence-electron chi connectivity index (χ0n) is 14.1. The van der Waals surface area contributed by atoms with E-state index in [0.717, 1.165) is 0 Å². The van der Waals surface area contributed by atoms with Gasteiger partial charge < -0.3 is 14.7 Å². The smallest absolute Gasteiger partial charge is 0.323 e. The van der Waals surface area contributed by atoms with Crippen molar-refractivity contribution in [2.24, 2.45) is 11.8 Å². The second kappa shape index (κ2) is 8.87. The van der Waals surface area contributed by atoms with Crippen LogP contribution in [0.4, 0.5) is 10.6 Å². The minimum Gasteiger partial charge on any atom is -0.490 e. The van der Waals surface area contributed by atoms with E-state index in [1.165, 1.54) is 11.1 Å². The summed E-state index contributed by atoms with van der Waals surface area (Å²) in [6.07, 6.45) is 3.08. The zero-order chi connectivity index (χ0) is 18.2. The van der Waals surface area contributed by atoms with E-state index in [0.29, 0.717) is 38.2 Å². The van der Waals surface area contributed by atoms with Gasteiger partial charge in [0.1, 0.15) is 0 Å². The third-order valence-electron chi connectivity index (χ3n) is 3.98. The van der Waals surface area contributed by atoms with Crippen molar-refractivity contribution in [1.82, 2.24) is 9.88 Å². The third kappa shape index (κ3) is 5.35. The summed E-state index contributed by atoms with van der Waals surface area (Å²) in [4.78, 5) is 29.4. The van der Waals surface area contributed by atoms with E-state index in [9.17, 15) is 14.7 Å².